The highest BCUT2D eigenvalue weighted by atomic mass is 16.2. The van der Waals surface area contributed by atoms with Crippen molar-refractivity contribution in [3.8, 4) is 0 Å². The van der Waals surface area contributed by atoms with Crippen molar-refractivity contribution in [2.75, 3.05) is 26.2 Å². The van der Waals surface area contributed by atoms with E-state index >= 15 is 0 Å². The lowest BCUT2D eigenvalue weighted by molar-refractivity contribution is -0.129. The Morgan fingerprint density at radius 2 is 2.42 bits per heavy atom. The molecular weight excluding hydrogens is 242 g/mol. The highest BCUT2D eigenvalue weighted by Crippen LogP contribution is 2.14. The summed E-state index contributed by atoms with van der Waals surface area (Å²) in [5.74, 6) is 0.991. The normalized spacial score (nSPS) is 24.8. The number of likely N-dealkylation sites (tertiary alicyclic amines) is 1. The van der Waals surface area contributed by atoms with Gasteiger partial charge < -0.3 is 15.5 Å². The molecule has 108 valence electrons. The van der Waals surface area contributed by atoms with Gasteiger partial charge >= 0.3 is 0 Å². The molecule has 2 saturated heterocycles. The molecule has 0 aromatic carbocycles. The second kappa shape index (κ2) is 6.89. The van der Waals surface area contributed by atoms with Crippen LogP contribution in [0.5, 0.6) is 0 Å². The summed E-state index contributed by atoms with van der Waals surface area (Å²) in [4.78, 5) is 25.2. The summed E-state index contributed by atoms with van der Waals surface area (Å²) in [6, 6.07) is 0.0521. The average molecular weight is 267 g/mol. The molecule has 2 aliphatic heterocycles. The summed E-state index contributed by atoms with van der Waals surface area (Å²) < 4.78 is 0. The summed E-state index contributed by atoms with van der Waals surface area (Å²) in [6.07, 6.45) is 4.37. The Balaban J connectivity index is 1.62. The fourth-order valence-electron chi connectivity index (χ4n) is 2.92. The molecule has 2 aliphatic rings. The number of hydrogen-bond donors (Lipinski definition) is 2. The SMILES string of the molecule is CC(CN1CCCC1=O)NC(=O)CCC1CCNC1. The molecule has 2 heterocycles. The predicted octanol–water partition coefficient (Wildman–Crippen LogP) is 0.503. The molecule has 0 aromatic heterocycles. The molecule has 0 radical (unpaired) electrons. The predicted molar refractivity (Wildman–Crippen MR) is 73.6 cm³/mol. The Hall–Kier alpha value is -1.10. The summed E-state index contributed by atoms with van der Waals surface area (Å²) in [5.41, 5.74) is 0. The maximum absolute atomic E-state index is 11.8. The third-order valence-corrected chi connectivity index (χ3v) is 4.02. The number of amides is 2. The molecular formula is C14H25N3O2. The van der Waals surface area contributed by atoms with Crippen molar-refractivity contribution in [2.24, 2.45) is 5.92 Å². The van der Waals surface area contributed by atoms with Gasteiger partial charge in [0.25, 0.3) is 0 Å². The van der Waals surface area contributed by atoms with Gasteiger partial charge in [0, 0.05) is 32.0 Å². The lowest BCUT2D eigenvalue weighted by Gasteiger charge is -2.21. The van der Waals surface area contributed by atoms with Gasteiger partial charge in [0.05, 0.1) is 0 Å². The van der Waals surface area contributed by atoms with E-state index in [2.05, 4.69) is 10.6 Å². The first-order valence-corrected chi connectivity index (χ1v) is 7.43. The Morgan fingerprint density at radius 1 is 1.58 bits per heavy atom. The molecule has 2 rings (SSSR count). The standard InChI is InChI=1S/C14H25N3O2/c1-11(10-17-8-2-3-14(17)19)16-13(18)5-4-12-6-7-15-9-12/h11-12,15H,2-10H2,1H3,(H,16,18). The molecule has 0 aliphatic carbocycles. The first kappa shape index (κ1) is 14.3. The van der Waals surface area contributed by atoms with Gasteiger partial charge in [-0.3, -0.25) is 9.59 Å². The molecule has 0 aromatic rings. The lowest BCUT2D eigenvalue weighted by Crippen LogP contribution is -2.42. The van der Waals surface area contributed by atoms with Gasteiger partial charge in [-0.2, -0.15) is 0 Å². The van der Waals surface area contributed by atoms with Gasteiger partial charge in [-0.1, -0.05) is 0 Å². The van der Waals surface area contributed by atoms with Crippen LogP contribution >= 0.6 is 0 Å². The minimum absolute atomic E-state index is 0.0521. The molecule has 0 spiro atoms. The smallest absolute Gasteiger partial charge is 0.222 e. The van der Waals surface area contributed by atoms with Crippen molar-refractivity contribution in [3.05, 3.63) is 0 Å². The number of carbonyl (C=O) groups is 2. The van der Waals surface area contributed by atoms with Crippen LogP contribution in [0.2, 0.25) is 0 Å². The van der Waals surface area contributed by atoms with E-state index in [0.29, 0.717) is 25.3 Å². The molecule has 5 nitrogen and oxygen atoms in total. The van der Waals surface area contributed by atoms with Crippen molar-refractivity contribution in [1.82, 2.24) is 15.5 Å². The van der Waals surface area contributed by atoms with E-state index in [1.165, 1.54) is 6.42 Å². The van der Waals surface area contributed by atoms with Gasteiger partial charge in [0.1, 0.15) is 0 Å². The lowest BCUT2D eigenvalue weighted by atomic mass is 10.0. The molecule has 5 heteroatoms. The van der Waals surface area contributed by atoms with Gasteiger partial charge in [-0.05, 0) is 45.2 Å². The highest BCUT2D eigenvalue weighted by molar-refractivity contribution is 5.78. The topological polar surface area (TPSA) is 61.4 Å². The van der Waals surface area contributed by atoms with Crippen LogP contribution in [0.15, 0.2) is 0 Å². The Labute approximate surface area is 115 Å². The van der Waals surface area contributed by atoms with Crippen LogP contribution in [0.4, 0.5) is 0 Å². The number of hydrogen-bond acceptors (Lipinski definition) is 3. The maximum atomic E-state index is 11.8. The molecule has 2 fully saturated rings. The molecule has 2 atom stereocenters. The van der Waals surface area contributed by atoms with E-state index in [9.17, 15) is 9.59 Å². The van der Waals surface area contributed by atoms with E-state index in [-0.39, 0.29) is 17.9 Å². The zero-order valence-electron chi connectivity index (χ0n) is 11.8. The van der Waals surface area contributed by atoms with E-state index in [4.69, 9.17) is 0 Å². The fourth-order valence-corrected chi connectivity index (χ4v) is 2.92. The van der Waals surface area contributed by atoms with E-state index in [1.54, 1.807) is 0 Å². The van der Waals surface area contributed by atoms with Crippen LogP contribution in [0.1, 0.15) is 39.0 Å². The zero-order chi connectivity index (χ0) is 13.7. The number of rotatable bonds is 6. The van der Waals surface area contributed by atoms with Crippen LogP contribution < -0.4 is 10.6 Å². The first-order valence-electron chi connectivity index (χ1n) is 7.43. The van der Waals surface area contributed by atoms with Crippen LogP contribution in [-0.4, -0.2) is 48.9 Å². The molecule has 0 saturated carbocycles. The van der Waals surface area contributed by atoms with E-state index < -0.39 is 0 Å². The summed E-state index contributed by atoms with van der Waals surface area (Å²) in [6.45, 7) is 5.59. The van der Waals surface area contributed by atoms with Crippen molar-refractivity contribution in [2.45, 2.75) is 45.1 Å². The molecule has 0 bridgehead atoms. The van der Waals surface area contributed by atoms with E-state index in [0.717, 1.165) is 32.5 Å². The number of carbonyl (C=O) groups excluding carboxylic acids is 2. The third-order valence-electron chi connectivity index (χ3n) is 4.02. The van der Waals surface area contributed by atoms with Crippen LogP contribution in [0.25, 0.3) is 0 Å². The number of nitrogens with one attached hydrogen (secondary N) is 2. The largest absolute Gasteiger partial charge is 0.352 e. The van der Waals surface area contributed by atoms with Crippen LogP contribution in [-0.2, 0) is 9.59 Å². The van der Waals surface area contributed by atoms with Gasteiger partial charge in [0.2, 0.25) is 11.8 Å². The fraction of sp³-hybridized carbons (Fsp3) is 0.857. The van der Waals surface area contributed by atoms with Gasteiger partial charge in [-0.15, -0.1) is 0 Å². The van der Waals surface area contributed by atoms with Crippen LogP contribution in [0.3, 0.4) is 0 Å². The van der Waals surface area contributed by atoms with Crippen molar-refractivity contribution >= 4 is 11.8 Å². The Morgan fingerprint density at radius 3 is 3.05 bits per heavy atom. The average Bonchev–Trinajstić information content (AvgIpc) is 2.99. The summed E-state index contributed by atoms with van der Waals surface area (Å²) in [5, 5.41) is 6.31. The van der Waals surface area contributed by atoms with Crippen molar-refractivity contribution in [1.29, 1.82) is 0 Å². The Kier molecular flexibility index (Phi) is 5.19. The maximum Gasteiger partial charge on any atom is 0.222 e. The third kappa shape index (κ3) is 4.49. The minimum atomic E-state index is 0.0521. The van der Waals surface area contributed by atoms with Crippen molar-refractivity contribution < 1.29 is 9.59 Å². The highest BCUT2D eigenvalue weighted by Gasteiger charge is 2.22. The van der Waals surface area contributed by atoms with Crippen molar-refractivity contribution in [3.63, 3.8) is 0 Å². The molecule has 2 amide bonds. The Bertz CT molecular complexity index is 327. The number of nitrogens with zero attached hydrogens (tertiary/aromatic N) is 1. The zero-order valence-corrected chi connectivity index (χ0v) is 11.8. The minimum Gasteiger partial charge on any atom is -0.352 e. The molecule has 2 unspecified atom stereocenters. The quantitative estimate of drug-likeness (QED) is 0.737. The van der Waals surface area contributed by atoms with Crippen LogP contribution in [0, 0.1) is 5.92 Å². The molecule has 2 N–H and O–H groups in total. The van der Waals surface area contributed by atoms with Gasteiger partial charge in [0.15, 0.2) is 0 Å². The monoisotopic (exact) mass is 267 g/mol. The second-order valence-electron chi connectivity index (χ2n) is 5.81. The van der Waals surface area contributed by atoms with Gasteiger partial charge in [-0.25, -0.2) is 0 Å². The van der Waals surface area contributed by atoms with E-state index in [1.807, 2.05) is 11.8 Å². The first-order chi connectivity index (χ1) is 9.15. The summed E-state index contributed by atoms with van der Waals surface area (Å²) >= 11 is 0. The second-order valence-corrected chi connectivity index (χ2v) is 5.81. The summed E-state index contributed by atoms with van der Waals surface area (Å²) in [7, 11) is 0. The molecule has 19 heavy (non-hydrogen) atoms.